The number of rotatable bonds is 4. The number of amides is 2. The van der Waals surface area contributed by atoms with Gasteiger partial charge in [-0.1, -0.05) is 6.92 Å². The highest BCUT2D eigenvalue weighted by Gasteiger charge is 2.39. The number of aromatic nitrogens is 3. The standard InChI is InChI=1S/C16H23N5O2/c1-2-13-17-18-14-10-19(5-6-21(13)14)16(23)12-7-15(22)20(9-12)8-11-3-4-11/h11-12H,2-10H2,1H3. The zero-order chi connectivity index (χ0) is 16.0. The number of hydrogen-bond donors (Lipinski definition) is 0. The van der Waals surface area contributed by atoms with Crippen molar-refractivity contribution in [3.63, 3.8) is 0 Å². The summed E-state index contributed by atoms with van der Waals surface area (Å²) in [6.07, 6.45) is 3.68. The third kappa shape index (κ3) is 2.72. The van der Waals surface area contributed by atoms with E-state index >= 15 is 0 Å². The van der Waals surface area contributed by atoms with Gasteiger partial charge < -0.3 is 14.4 Å². The summed E-state index contributed by atoms with van der Waals surface area (Å²) in [7, 11) is 0. The molecule has 3 heterocycles. The van der Waals surface area contributed by atoms with Gasteiger partial charge in [0.15, 0.2) is 5.82 Å². The zero-order valence-electron chi connectivity index (χ0n) is 13.6. The highest BCUT2D eigenvalue weighted by molar-refractivity contribution is 5.89. The van der Waals surface area contributed by atoms with Crippen LogP contribution in [0.4, 0.5) is 0 Å². The number of carbonyl (C=O) groups is 2. The number of aryl methyl sites for hydroxylation is 1. The first-order chi connectivity index (χ1) is 11.2. The molecule has 0 aromatic carbocycles. The Balaban J connectivity index is 1.40. The molecule has 0 spiro atoms. The first kappa shape index (κ1) is 14.7. The van der Waals surface area contributed by atoms with Crippen molar-refractivity contribution in [2.45, 2.75) is 45.7 Å². The molecular weight excluding hydrogens is 294 g/mol. The van der Waals surface area contributed by atoms with E-state index in [1.54, 1.807) is 0 Å². The van der Waals surface area contributed by atoms with Crippen LogP contribution in [0.2, 0.25) is 0 Å². The predicted molar refractivity (Wildman–Crippen MR) is 82.2 cm³/mol. The van der Waals surface area contributed by atoms with Crippen molar-refractivity contribution >= 4 is 11.8 Å². The van der Waals surface area contributed by atoms with Crippen LogP contribution in [0.15, 0.2) is 0 Å². The van der Waals surface area contributed by atoms with Gasteiger partial charge in [0.25, 0.3) is 0 Å². The van der Waals surface area contributed by atoms with Gasteiger partial charge in [0.05, 0.1) is 12.5 Å². The maximum absolute atomic E-state index is 12.8. The molecule has 2 amide bonds. The van der Waals surface area contributed by atoms with Gasteiger partial charge in [-0.2, -0.15) is 0 Å². The second-order valence-corrected chi connectivity index (χ2v) is 6.94. The first-order valence-corrected chi connectivity index (χ1v) is 8.63. The van der Waals surface area contributed by atoms with Gasteiger partial charge in [-0.25, -0.2) is 0 Å². The Morgan fingerprint density at radius 2 is 2.09 bits per heavy atom. The quantitative estimate of drug-likeness (QED) is 0.808. The molecule has 1 atom stereocenters. The molecule has 0 bridgehead atoms. The van der Waals surface area contributed by atoms with E-state index in [-0.39, 0.29) is 17.7 Å². The van der Waals surface area contributed by atoms with E-state index in [0.717, 1.165) is 31.2 Å². The minimum Gasteiger partial charge on any atom is -0.342 e. The summed E-state index contributed by atoms with van der Waals surface area (Å²) >= 11 is 0. The molecule has 1 aliphatic carbocycles. The van der Waals surface area contributed by atoms with E-state index in [1.165, 1.54) is 12.8 Å². The maximum Gasteiger partial charge on any atom is 0.228 e. The van der Waals surface area contributed by atoms with Crippen LogP contribution < -0.4 is 0 Å². The van der Waals surface area contributed by atoms with Gasteiger partial charge >= 0.3 is 0 Å². The van der Waals surface area contributed by atoms with Crippen molar-refractivity contribution < 1.29 is 9.59 Å². The highest BCUT2D eigenvalue weighted by Crippen LogP contribution is 2.32. The Labute approximate surface area is 135 Å². The van der Waals surface area contributed by atoms with Gasteiger partial charge in [-0.3, -0.25) is 9.59 Å². The molecule has 2 aliphatic heterocycles. The number of hydrogen-bond acceptors (Lipinski definition) is 4. The molecule has 4 rings (SSSR count). The molecule has 7 nitrogen and oxygen atoms in total. The van der Waals surface area contributed by atoms with E-state index in [9.17, 15) is 9.59 Å². The van der Waals surface area contributed by atoms with Gasteiger partial charge in [0, 0.05) is 39.0 Å². The smallest absolute Gasteiger partial charge is 0.228 e. The number of likely N-dealkylation sites (tertiary alicyclic amines) is 1. The third-order valence-electron chi connectivity index (χ3n) is 5.20. The lowest BCUT2D eigenvalue weighted by atomic mass is 10.1. The lowest BCUT2D eigenvalue weighted by molar-refractivity contribution is -0.137. The average Bonchev–Trinajstić information content (AvgIpc) is 3.16. The Bertz CT molecular complexity index is 636. The molecule has 3 aliphatic rings. The fraction of sp³-hybridized carbons (Fsp3) is 0.750. The topological polar surface area (TPSA) is 71.3 Å². The van der Waals surface area contributed by atoms with E-state index in [4.69, 9.17) is 0 Å². The molecule has 1 saturated carbocycles. The lowest BCUT2D eigenvalue weighted by Crippen LogP contribution is -2.42. The Morgan fingerprint density at radius 3 is 2.83 bits per heavy atom. The Morgan fingerprint density at radius 1 is 1.26 bits per heavy atom. The molecule has 1 aromatic heterocycles. The summed E-state index contributed by atoms with van der Waals surface area (Å²) in [6, 6.07) is 0. The van der Waals surface area contributed by atoms with Crippen molar-refractivity contribution in [3.8, 4) is 0 Å². The fourth-order valence-corrected chi connectivity index (χ4v) is 3.65. The largest absolute Gasteiger partial charge is 0.342 e. The van der Waals surface area contributed by atoms with Crippen LogP contribution in [0, 0.1) is 11.8 Å². The van der Waals surface area contributed by atoms with Crippen molar-refractivity contribution in [1.82, 2.24) is 24.6 Å². The SMILES string of the molecule is CCc1nnc2n1CCN(C(=O)C1CC(=O)N(CC3CC3)C1)C2. The van der Waals surface area contributed by atoms with E-state index in [2.05, 4.69) is 21.7 Å². The van der Waals surface area contributed by atoms with Crippen LogP contribution in [0.1, 0.15) is 37.8 Å². The monoisotopic (exact) mass is 317 g/mol. The van der Waals surface area contributed by atoms with Gasteiger partial charge in [0.1, 0.15) is 5.82 Å². The van der Waals surface area contributed by atoms with E-state index < -0.39 is 0 Å². The number of nitrogens with zero attached hydrogens (tertiary/aromatic N) is 5. The Hall–Kier alpha value is -1.92. The molecule has 124 valence electrons. The molecule has 2 fully saturated rings. The van der Waals surface area contributed by atoms with Crippen molar-refractivity contribution in [3.05, 3.63) is 11.6 Å². The second-order valence-electron chi connectivity index (χ2n) is 6.94. The fourth-order valence-electron chi connectivity index (χ4n) is 3.65. The number of fused-ring (bicyclic) bond motifs is 1. The average molecular weight is 317 g/mol. The number of carbonyl (C=O) groups excluding carboxylic acids is 2. The minimum atomic E-state index is -0.179. The molecule has 0 radical (unpaired) electrons. The predicted octanol–water partition coefficient (Wildman–Crippen LogP) is 0.441. The van der Waals surface area contributed by atoms with Crippen LogP contribution >= 0.6 is 0 Å². The van der Waals surface area contributed by atoms with Crippen LogP contribution in [-0.2, 0) is 29.1 Å². The normalized spacial score (nSPS) is 24.2. The minimum absolute atomic E-state index is 0.101. The summed E-state index contributed by atoms with van der Waals surface area (Å²) in [6.45, 7) is 5.45. The molecule has 1 aromatic rings. The van der Waals surface area contributed by atoms with Crippen LogP contribution in [0.5, 0.6) is 0 Å². The van der Waals surface area contributed by atoms with E-state index in [0.29, 0.717) is 32.0 Å². The van der Waals surface area contributed by atoms with Crippen LogP contribution in [0.3, 0.4) is 0 Å². The summed E-state index contributed by atoms with van der Waals surface area (Å²) in [5, 5.41) is 8.39. The van der Waals surface area contributed by atoms with Crippen LogP contribution in [-0.4, -0.2) is 56.0 Å². The molecule has 1 unspecified atom stereocenters. The lowest BCUT2D eigenvalue weighted by Gasteiger charge is -2.29. The zero-order valence-corrected chi connectivity index (χ0v) is 13.6. The van der Waals surface area contributed by atoms with Crippen molar-refractivity contribution in [2.75, 3.05) is 19.6 Å². The maximum atomic E-state index is 12.8. The first-order valence-electron chi connectivity index (χ1n) is 8.63. The summed E-state index contributed by atoms with van der Waals surface area (Å²) in [5.74, 6) is 2.59. The van der Waals surface area contributed by atoms with Gasteiger partial charge in [-0.05, 0) is 18.8 Å². The van der Waals surface area contributed by atoms with E-state index in [1.807, 2.05) is 9.80 Å². The highest BCUT2D eigenvalue weighted by atomic mass is 16.2. The third-order valence-corrected chi connectivity index (χ3v) is 5.20. The molecule has 1 saturated heterocycles. The van der Waals surface area contributed by atoms with Crippen molar-refractivity contribution in [2.24, 2.45) is 11.8 Å². The summed E-state index contributed by atoms with van der Waals surface area (Å²) in [4.78, 5) is 28.6. The van der Waals surface area contributed by atoms with Crippen molar-refractivity contribution in [1.29, 1.82) is 0 Å². The molecular formula is C16H23N5O2. The summed E-state index contributed by atoms with van der Waals surface area (Å²) in [5.41, 5.74) is 0. The van der Waals surface area contributed by atoms with Crippen LogP contribution in [0.25, 0.3) is 0 Å². The second kappa shape index (κ2) is 5.62. The summed E-state index contributed by atoms with van der Waals surface area (Å²) < 4.78 is 2.11. The molecule has 23 heavy (non-hydrogen) atoms. The molecule has 0 N–H and O–H groups in total. The van der Waals surface area contributed by atoms with Gasteiger partial charge in [-0.15, -0.1) is 10.2 Å². The molecule has 7 heteroatoms. The van der Waals surface area contributed by atoms with Gasteiger partial charge in [0.2, 0.25) is 11.8 Å². The Kier molecular flexibility index (Phi) is 3.58.